The Labute approximate surface area is 192 Å². The molecular formula is C23H30BrN5O2. The zero-order chi connectivity index (χ0) is 23.0. The number of imidazole rings is 1. The highest BCUT2D eigenvalue weighted by Crippen LogP contribution is 2.26. The van der Waals surface area contributed by atoms with Gasteiger partial charge >= 0.3 is 6.09 Å². The average Bonchev–Trinajstić information content (AvgIpc) is 3.25. The fraction of sp³-hybridized carbons (Fsp3) is 0.435. The second-order valence-electron chi connectivity index (χ2n) is 7.74. The Balaban J connectivity index is 2.28. The summed E-state index contributed by atoms with van der Waals surface area (Å²) >= 11 is 3.45. The molecule has 0 unspecified atom stereocenters. The molecule has 1 aromatic carbocycles. The number of halogens is 1. The van der Waals surface area contributed by atoms with Crippen LogP contribution in [0.3, 0.4) is 0 Å². The summed E-state index contributed by atoms with van der Waals surface area (Å²) in [4.78, 5) is 19.7. The third kappa shape index (κ3) is 6.86. The number of aromatic amines is 1. The average molecular weight is 488 g/mol. The molecule has 31 heavy (non-hydrogen) atoms. The molecule has 1 heterocycles. The van der Waals surface area contributed by atoms with Crippen LogP contribution >= 0.6 is 15.9 Å². The summed E-state index contributed by atoms with van der Waals surface area (Å²) < 4.78 is 5.75. The second kappa shape index (κ2) is 11.6. The molecule has 0 radical (unpaired) electrons. The van der Waals surface area contributed by atoms with Crippen molar-refractivity contribution in [2.24, 2.45) is 11.8 Å². The van der Waals surface area contributed by atoms with Gasteiger partial charge in [-0.1, -0.05) is 55.4 Å². The first-order valence-electron chi connectivity index (χ1n) is 10.3. The van der Waals surface area contributed by atoms with E-state index in [0.717, 1.165) is 22.2 Å². The lowest BCUT2D eigenvalue weighted by atomic mass is 9.96. The summed E-state index contributed by atoms with van der Waals surface area (Å²) in [5, 5.41) is 15.7. The van der Waals surface area contributed by atoms with Gasteiger partial charge in [0.15, 0.2) is 0 Å². The number of methoxy groups -OCH3 is 1. The van der Waals surface area contributed by atoms with Gasteiger partial charge in [-0.05, 0) is 36.5 Å². The third-order valence-electron chi connectivity index (χ3n) is 5.14. The highest BCUT2D eigenvalue weighted by Gasteiger charge is 2.25. The number of aromatic nitrogens is 2. The van der Waals surface area contributed by atoms with E-state index in [1.54, 1.807) is 6.20 Å². The van der Waals surface area contributed by atoms with E-state index in [2.05, 4.69) is 49.2 Å². The first kappa shape index (κ1) is 24.5. The largest absolute Gasteiger partial charge is 0.453 e. The highest BCUT2D eigenvalue weighted by atomic mass is 79.9. The minimum atomic E-state index is -0.516. The van der Waals surface area contributed by atoms with Crippen LogP contribution in [-0.4, -0.2) is 29.2 Å². The number of benzene rings is 1. The SMILES string of the molecule is C=C(N[C@@H](C[C@@H](C#N)CC)c1ncc(-c2ccc(Br)cc2)[nH]1)[C@@H](NC(=O)OC)C(C)C. The zero-order valence-corrected chi connectivity index (χ0v) is 20.0. The van der Waals surface area contributed by atoms with Gasteiger partial charge in [0.2, 0.25) is 0 Å². The Morgan fingerprint density at radius 1 is 1.32 bits per heavy atom. The number of hydrogen-bond donors (Lipinski definition) is 3. The fourth-order valence-electron chi connectivity index (χ4n) is 3.28. The molecule has 8 heteroatoms. The molecule has 0 saturated carbocycles. The number of nitrogens with one attached hydrogen (secondary N) is 3. The predicted molar refractivity (Wildman–Crippen MR) is 125 cm³/mol. The fourth-order valence-corrected chi connectivity index (χ4v) is 3.54. The maximum absolute atomic E-state index is 11.8. The summed E-state index contributed by atoms with van der Waals surface area (Å²) in [5.74, 6) is 0.665. The molecule has 166 valence electrons. The molecule has 0 aliphatic heterocycles. The Hall–Kier alpha value is -2.79. The van der Waals surface area contributed by atoms with Crippen molar-refractivity contribution >= 4 is 22.0 Å². The molecule has 1 amide bonds. The number of alkyl carbamates (subject to hydrolysis) is 1. The lowest BCUT2D eigenvalue weighted by Gasteiger charge is -2.29. The molecule has 2 aromatic rings. The summed E-state index contributed by atoms with van der Waals surface area (Å²) in [5.41, 5.74) is 2.54. The van der Waals surface area contributed by atoms with Crippen molar-refractivity contribution in [3.63, 3.8) is 0 Å². The molecule has 0 aliphatic rings. The molecule has 0 fully saturated rings. The van der Waals surface area contributed by atoms with E-state index in [0.29, 0.717) is 17.9 Å². The van der Waals surface area contributed by atoms with Crippen molar-refractivity contribution in [3.05, 3.63) is 53.0 Å². The maximum Gasteiger partial charge on any atom is 0.407 e. The normalized spacial score (nSPS) is 13.7. The molecule has 1 aromatic heterocycles. The van der Waals surface area contributed by atoms with Gasteiger partial charge in [-0.2, -0.15) is 5.26 Å². The van der Waals surface area contributed by atoms with Crippen LogP contribution in [0.5, 0.6) is 0 Å². The van der Waals surface area contributed by atoms with Gasteiger partial charge in [-0.15, -0.1) is 0 Å². The van der Waals surface area contributed by atoms with Crippen molar-refractivity contribution in [1.82, 2.24) is 20.6 Å². The minimum Gasteiger partial charge on any atom is -0.453 e. The van der Waals surface area contributed by atoms with Gasteiger partial charge in [-0.25, -0.2) is 9.78 Å². The Morgan fingerprint density at radius 2 is 2.00 bits per heavy atom. The molecule has 2 rings (SSSR count). The zero-order valence-electron chi connectivity index (χ0n) is 18.4. The number of carbonyl (C=O) groups excluding carboxylic acids is 1. The van der Waals surface area contributed by atoms with Gasteiger partial charge in [0.05, 0.1) is 37.2 Å². The first-order chi connectivity index (χ1) is 14.8. The van der Waals surface area contributed by atoms with Gasteiger partial charge in [0.1, 0.15) is 5.82 Å². The van der Waals surface area contributed by atoms with Crippen LogP contribution in [0.25, 0.3) is 11.3 Å². The van der Waals surface area contributed by atoms with E-state index < -0.39 is 6.09 Å². The van der Waals surface area contributed by atoms with E-state index in [9.17, 15) is 10.1 Å². The van der Waals surface area contributed by atoms with Gasteiger partial charge in [0.25, 0.3) is 0 Å². The molecule has 0 aliphatic carbocycles. The van der Waals surface area contributed by atoms with Crippen molar-refractivity contribution < 1.29 is 9.53 Å². The molecule has 0 spiro atoms. The number of H-pyrrole nitrogens is 1. The quantitative estimate of drug-likeness (QED) is 0.421. The van der Waals surface area contributed by atoms with Crippen LogP contribution < -0.4 is 10.6 Å². The number of ether oxygens (including phenoxy) is 1. The van der Waals surface area contributed by atoms with E-state index >= 15 is 0 Å². The van der Waals surface area contributed by atoms with E-state index in [4.69, 9.17) is 4.74 Å². The van der Waals surface area contributed by atoms with Gasteiger partial charge in [0, 0.05) is 16.1 Å². The van der Waals surface area contributed by atoms with Crippen molar-refractivity contribution in [3.8, 4) is 17.3 Å². The number of amides is 1. The lowest BCUT2D eigenvalue weighted by Crippen LogP contribution is -2.44. The standard InChI is InChI=1S/C23H30BrN5O2/c1-6-16(12-25)11-19(27-15(4)21(14(2)3)29-23(30)31-5)22-26-13-20(28-22)17-7-9-18(24)10-8-17/h7-10,13-14,16,19,21,27H,4,6,11H2,1-3,5H3,(H,26,28)(H,29,30)/t16-,19-,21-/m0/s1. The lowest BCUT2D eigenvalue weighted by molar-refractivity contribution is 0.164. The molecular weight excluding hydrogens is 458 g/mol. The number of hydrogen-bond acceptors (Lipinski definition) is 5. The number of rotatable bonds is 10. The van der Waals surface area contributed by atoms with Gasteiger partial charge in [-0.3, -0.25) is 0 Å². The van der Waals surface area contributed by atoms with Crippen LogP contribution in [0.4, 0.5) is 4.79 Å². The molecule has 0 bridgehead atoms. The van der Waals surface area contributed by atoms with E-state index in [1.165, 1.54) is 7.11 Å². The van der Waals surface area contributed by atoms with Gasteiger partial charge < -0.3 is 20.4 Å². The van der Waals surface area contributed by atoms with Crippen LogP contribution in [0, 0.1) is 23.2 Å². The maximum atomic E-state index is 11.8. The Bertz CT molecular complexity index is 917. The number of nitriles is 1. The Morgan fingerprint density at radius 3 is 2.55 bits per heavy atom. The van der Waals surface area contributed by atoms with E-state index in [1.807, 2.05) is 45.0 Å². The van der Waals surface area contributed by atoms with E-state index in [-0.39, 0.29) is 23.9 Å². The molecule has 0 saturated heterocycles. The second-order valence-corrected chi connectivity index (χ2v) is 8.65. The summed E-state index contributed by atoms with van der Waals surface area (Å²) in [6.07, 6.45) is 2.56. The van der Waals surface area contributed by atoms with Crippen LogP contribution in [0.1, 0.15) is 45.5 Å². The van der Waals surface area contributed by atoms with Crippen LogP contribution in [-0.2, 0) is 4.74 Å². The smallest absolute Gasteiger partial charge is 0.407 e. The Kier molecular flexibility index (Phi) is 9.13. The van der Waals surface area contributed by atoms with Crippen molar-refractivity contribution in [1.29, 1.82) is 5.26 Å². The topological polar surface area (TPSA) is 103 Å². The van der Waals surface area contributed by atoms with Crippen molar-refractivity contribution in [2.75, 3.05) is 7.11 Å². The highest BCUT2D eigenvalue weighted by molar-refractivity contribution is 9.10. The number of carbonyl (C=O) groups is 1. The molecule has 3 atom stereocenters. The van der Waals surface area contributed by atoms with Crippen molar-refractivity contribution in [2.45, 2.75) is 45.7 Å². The monoisotopic (exact) mass is 487 g/mol. The first-order valence-corrected chi connectivity index (χ1v) is 11.1. The predicted octanol–water partition coefficient (Wildman–Crippen LogP) is 5.30. The third-order valence-corrected chi connectivity index (χ3v) is 5.67. The summed E-state index contributed by atoms with van der Waals surface area (Å²) in [6, 6.07) is 9.71. The molecule has 7 nitrogen and oxygen atoms in total. The molecule has 3 N–H and O–H groups in total. The number of nitrogens with zero attached hydrogens (tertiary/aromatic N) is 2. The summed E-state index contributed by atoms with van der Waals surface area (Å²) in [7, 11) is 1.33. The van der Waals surface area contributed by atoms with Crippen LogP contribution in [0.2, 0.25) is 0 Å². The minimum absolute atomic E-state index is 0.0904. The summed E-state index contributed by atoms with van der Waals surface area (Å²) in [6.45, 7) is 10.1. The van der Waals surface area contributed by atoms with Crippen LogP contribution in [0.15, 0.2) is 47.2 Å².